The predicted octanol–water partition coefficient (Wildman–Crippen LogP) is 0.651. The molecule has 0 aromatic heterocycles. The average Bonchev–Trinajstić information content (AvgIpc) is 3.21. The Morgan fingerprint density at radius 2 is 1.83 bits per heavy atom. The van der Waals surface area contributed by atoms with Crippen molar-refractivity contribution >= 4 is 12.2 Å². The Morgan fingerprint density at radius 1 is 1.17 bits per heavy atom. The lowest BCUT2D eigenvalue weighted by Crippen LogP contribution is -2.60. The van der Waals surface area contributed by atoms with Crippen molar-refractivity contribution < 1.29 is 34.4 Å². The van der Waals surface area contributed by atoms with Gasteiger partial charge >= 0.3 is 18.3 Å². The number of amides is 2. The molecule has 1 aliphatic carbocycles. The highest BCUT2D eigenvalue weighted by Gasteiger charge is 2.60. The van der Waals surface area contributed by atoms with Crippen LogP contribution in [0, 0.1) is 5.41 Å². The molecule has 1 saturated carbocycles. The van der Waals surface area contributed by atoms with Gasteiger partial charge in [-0.05, 0) is 38.0 Å². The monoisotopic (exact) mass is 427 g/mol. The smallest absolute Gasteiger partial charge is 0.417 e. The number of carbonyl (C=O) groups excluding carboxylic acids is 2. The van der Waals surface area contributed by atoms with Gasteiger partial charge in [-0.2, -0.15) is 0 Å². The van der Waals surface area contributed by atoms with E-state index in [1.54, 1.807) is 0 Å². The van der Waals surface area contributed by atoms with Crippen molar-refractivity contribution in [3.63, 3.8) is 0 Å². The molecule has 1 atom stereocenters. The third kappa shape index (κ3) is 3.53. The minimum absolute atomic E-state index is 0.194. The second-order valence-electron chi connectivity index (χ2n) is 9.30. The zero-order valence-electron chi connectivity index (χ0n) is 17.7. The maximum Gasteiger partial charge on any atom is 0.417 e. The molecule has 3 heterocycles. The van der Waals surface area contributed by atoms with Crippen molar-refractivity contribution in [3.8, 4) is 0 Å². The quantitative estimate of drug-likeness (QED) is 0.559. The third-order valence-corrected chi connectivity index (χ3v) is 7.58. The highest BCUT2D eigenvalue weighted by Crippen LogP contribution is 2.51. The number of aliphatic hydroxyl groups is 3. The molecule has 4 fully saturated rings. The first-order valence-electron chi connectivity index (χ1n) is 11.0. The van der Waals surface area contributed by atoms with Gasteiger partial charge < -0.3 is 34.6 Å². The summed E-state index contributed by atoms with van der Waals surface area (Å²) in [7, 11) is 0. The van der Waals surface area contributed by atoms with Crippen LogP contribution in [0.25, 0.3) is 0 Å². The molecule has 2 spiro atoms. The van der Waals surface area contributed by atoms with E-state index in [4.69, 9.17) is 9.47 Å². The first kappa shape index (κ1) is 21.6. The molecular weight excluding hydrogens is 394 g/mol. The van der Waals surface area contributed by atoms with E-state index in [9.17, 15) is 24.9 Å². The van der Waals surface area contributed by atoms with Crippen LogP contribution < -0.4 is 0 Å². The second kappa shape index (κ2) is 7.51. The molecule has 0 bridgehead atoms. The van der Waals surface area contributed by atoms with Crippen LogP contribution in [0.1, 0.15) is 52.4 Å². The Kier molecular flexibility index (Phi) is 5.41. The first-order chi connectivity index (χ1) is 14.1. The molecule has 30 heavy (non-hydrogen) atoms. The topological polar surface area (TPSA) is 123 Å². The molecule has 0 radical (unpaired) electrons. The Morgan fingerprint density at radius 3 is 2.40 bits per heavy atom. The van der Waals surface area contributed by atoms with Crippen molar-refractivity contribution in [2.24, 2.45) is 5.41 Å². The van der Waals surface area contributed by atoms with E-state index in [1.165, 1.54) is 0 Å². The number of likely N-dealkylation sites (tertiary alicyclic amines) is 2. The molecule has 170 valence electrons. The number of carbonyl (C=O) groups is 2. The largest absolute Gasteiger partial charge is 0.450 e. The molecule has 4 aliphatic rings. The van der Waals surface area contributed by atoms with E-state index in [0.717, 1.165) is 45.4 Å². The van der Waals surface area contributed by atoms with Crippen molar-refractivity contribution in [2.75, 3.05) is 32.8 Å². The molecular formula is C20H33N3O7. The Balaban J connectivity index is 1.32. The van der Waals surface area contributed by atoms with Crippen molar-refractivity contribution in [2.45, 2.75) is 76.2 Å². The number of piperidine rings is 1. The highest BCUT2D eigenvalue weighted by molar-refractivity contribution is 5.72. The molecule has 0 aromatic rings. The van der Waals surface area contributed by atoms with E-state index in [0.29, 0.717) is 36.8 Å². The normalized spacial score (nSPS) is 33.8. The fourth-order valence-corrected chi connectivity index (χ4v) is 6.08. The van der Waals surface area contributed by atoms with Crippen LogP contribution >= 0.6 is 0 Å². The summed E-state index contributed by atoms with van der Waals surface area (Å²) in [5, 5.41) is 28.8. The van der Waals surface area contributed by atoms with Crippen LogP contribution in [0.4, 0.5) is 9.59 Å². The summed E-state index contributed by atoms with van der Waals surface area (Å²) >= 11 is 0. The van der Waals surface area contributed by atoms with E-state index < -0.39 is 23.8 Å². The van der Waals surface area contributed by atoms with Crippen LogP contribution in [-0.2, 0) is 9.47 Å². The van der Waals surface area contributed by atoms with Crippen molar-refractivity contribution in [3.05, 3.63) is 0 Å². The number of hydrogen-bond acceptors (Lipinski definition) is 8. The zero-order chi connectivity index (χ0) is 21.7. The van der Waals surface area contributed by atoms with E-state index in [-0.39, 0.29) is 11.5 Å². The molecule has 10 heteroatoms. The summed E-state index contributed by atoms with van der Waals surface area (Å²) in [6.07, 6.45) is 0.398. The minimum Gasteiger partial charge on any atom is -0.450 e. The average molecular weight is 427 g/mol. The van der Waals surface area contributed by atoms with Gasteiger partial charge in [-0.15, -0.1) is 0 Å². The molecule has 0 aromatic carbocycles. The fraction of sp³-hybridized carbons (Fsp3) is 0.900. The van der Waals surface area contributed by atoms with Gasteiger partial charge in [-0.25, -0.2) is 14.5 Å². The number of hydrogen-bond donors (Lipinski definition) is 3. The van der Waals surface area contributed by atoms with Crippen LogP contribution in [0.5, 0.6) is 0 Å². The summed E-state index contributed by atoms with van der Waals surface area (Å²) in [6.45, 7) is 7.05. The van der Waals surface area contributed by atoms with Crippen LogP contribution in [0.15, 0.2) is 0 Å². The Labute approximate surface area is 176 Å². The zero-order valence-corrected chi connectivity index (χ0v) is 17.7. The number of rotatable bonds is 4. The van der Waals surface area contributed by atoms with Gasteiger partial charge in [0.05, 0.1) is 12.6 Å². The summed E-state index contributed by atoms with van der Waals surface area (Å²) in [5.41, 5.74) is -0.614. The lowest BCUT2D eigenvalue weighted by atomic mass is 9.64. The van der Waals surface area contributed by atoms with E-state index >= 15 is 0 Å². The maximum atomic E-state index is 12.2. The minimum atomic E-state index is -3.22. The van der Waals surface area contributed by atoms with Gasteiger partial charge in [0.25, 0.3) is 0 Å². The third-order valence-electron chi connectivity index (χ3n) is 7.58. The molecule has 3 N–H and O–H groups in total. The SMILES string of the molecule is CCOC(=O)N1CCC2(CC(N3CCC4(CC3)OC(=O)N(C(O)(O)O)C4CC)C2)C1. The van der Waals surface area contributed by atoms with Gasteiger partial charge in [0.1, 0.15) is 5.60 Å². The fourth-order valence-electron chi connectivity index (χ4n) is 6.08. The number of nitrogens with zero attached hydrogens (tertiary/aromatic N) is 3. The summed E-state index contributed by atoms with van der Waals surface area (Å²) in [6, 6.07) is -0.141. The van der Waals surface area contributed by atoms with E-state index in [2.05, 4.69) is 4.90 Å². The predicted molar refractivity (Wildman–Crippen MR) is 104 cm³/mol. The molecule has 1 unspecified atom stereocenters. The molecule has 3 saturated heterocycles. The second-order valence-corrected chi connectivity index (χ2v) is 9.30. The summed E-state index contributed by atoms with van der Waals surface area (Å²) < 4.78 is 10.7. The van der Waals surface area contributed by atoms with E-state index in [1.807, 2.05) is 18.7 Å². The van der Waals surface area contributed by atoms with Gasteiger partial charge in [0.2, 0.25) is 0 Å². The number of ether oxygens (including phenoxy) is 2. The van der Waals surface area contributed by atoms with Gasteiger partial charge in [-0.3, -0.25) is 0 Å². The molecule has 3 aliphatic heterocycles. The van der Waals surface area contributed by atoms with Gasteiger partial charge in [0.15, 0.2) is 0 Å². The Hall–Kier alpha value is -1.62. The van der Waals surface area contributed by atoms with Crippen LogP contribution in [-0.4, -0.2) is 98.8 Å². The highest BCUT2D eigenvalue weighted by atomic mass is 16.7. The lowest BCUT2D eigenvalue weighted by molar-refractivity contribution is -0.383. The molecule has 2 amide bonds. The standard InChI is InChI=1S/C20H33N3O7/c1-3-15-19(30-17(25)23(15)20(26,27)28)6-9-21(10-7-19)14-11-18(12-14)5-8-22(13-18)16(24)29-4-2/h14-15,26-28H,3-13H2,1-2H3. The van der Waals surface area contributed by atoms with Gasteiger partial charge in [-0.1, -0.05) is 6.92 Å². The first-order valence-corrected chi connectivity index (χ1v) is 11.0. The Bertz CT molecular complexity index is 680. The lowest BCUT2D eigenvalue weighted by Gasteiger charge is -2.53. The summed E-state index contributed by atoms with van der Waals surface area (Å²) in [4.78, 5) is 29.1. The molecule has 10 nitrogen and oxygen atoms in total. The van der Waals surface area contributed by atoms with Crippen LogP contribution in [0.3, 0.4) is 0 Å². The van der Waals surface area contributed by atoms with Crippen molar-refractivity contribution in [1.29, 1.82) is 0 Å². The van der Waals surface area contributed by atoms with Crippen LogP contribution in [0.2, 0.25) is 0 Å². The maximum absolute atomic E-state index is 12.2. The summed E-state index contributed by atoms with van der Waals surface area (Å²) in [5.74, 6) is 0. The molecule has 4 rings (SSSR count). The van der Waals surface area contributed by atoms with Gasteiger partial charge in [0, 0.05) is 45.1 Å². The van der Waals surface area contributed by atoms with Crippen molar-refractivity contribution in [1.82, 2.24) is 14.7 Å².